The lowest BCUT2D eigenvalue weighted by atomic mass is 9.53. The largest absolute Gasteiger partial charge is 0.469 e. The third-order valence-electron chi connectivity index (χ3n) is 6.67. The van der Waals surface area contributed by atoms with E-state index in [0.29, 0.717) is 12.0 Å². The zero-order valence-electron chi connectivity index (χ0n) is 17.6. The molecule has 0 saturated carbocycles. The SMILES string of the molecule is C=C(CC(CC)(CC)C(C)(CC(C)(CC)CC)C(=O)OC)C(=O)OC. The van der Waals surface area contributed by atoms with Gasteiger partial charge in [0, 0.05) is 5.57 Å². The number of ether oxygens (including phenoxy) is 2. The molecule has 0 aliphatic heterocycles. The second kappa shape index (κ2) is 9.40. The van der Waals surface area contributed by atoms with E-state index in [1.54, 1.807) is 0 Å². The number of hydrogen-bond donors (Lipinski definition) is 0. The van der Waals surface area contributed by atoms with Crippen molar-refractivity contribution in [2.75, 3.05) is 14.2 Å². The molecule has 1 atom stereocenters. The van der Waals surface area contributed by atoms with Crippen LogP contribution in [0.15, 0.2) is 12.2 Å². The first-order chi connectivity index (χ1) is 11.5. The molecule has 1 unspecified atom stereocenters. The van der Waals surface area contributed by atoms with Gasteiger partial charge in [-0.1, -0.05) is 54.0 Å². The van der Waals surface area contributed by atoms with Crippen molar-refractivity contribution >= 4 is 11.9 Å². The van der Waals surface area contributed by atoms with Crippen LogP contribution >= 0.6 is 0 Å². The molecular weight excluding hydrogens is 316 g/mol. The van der Waals surface area contributed by atoms with Crippen LogP contribution in [0.3, 0.4) is 0 Å². The summed E-state index contributed by atoms with van der Waals surface area (Å²) in [6, 6.07) is 0. The maximum absolute atomic E-state index is 13.0. The number of esters is 2. The van der Waals surface area contributed by atoms with E-state index >= 15 is 0 Å². The molecule has 4 nitrogen and oxygen atoms in total. The van der Waals surface area contributed by atoms with Crippen molar-refractivity contribution in [3.05, 3.63) is 12.2 Å². The number of carbonyl (C=O) groups is 2. The van der Waals surface area contributed by atoms with Crippen molar-refractivity contribution in [3.8, 4) is 0 Å². The fraction of sp³-hybridized carbons (Fsp3) is 0.810. The summed E-state index contributed by atoms with van der Waals surface area (Å²) < 4.78 is 10.1. The highest BCUT2D eigenvalue weighted by Gasteiger charge is 2.54. The molecule has 0 bridgehead atoms. The summed E-state index contributed by atoms with van der Waals surface area (Å²) in [5, 5.41) is 0. The summed E-state index contributed by atoms with van der Waals surface area (Å²) in [7, 11) is 2.80. The molecule has 0 aromatic rings. The number of hydrogen-bond acceptors (Lipinski definition) is 4. The van der Waals surface area contributed by atoms with E-state index in [4.69, 9.17) is 9.47 Å². The van der Waals surface area contributed by atoms with Gasteiger partial charge in [0.25, 0.3) is 0 Å². The van der Waals surface area contributed by atoms with Crippen LogP contribution in [-0.4, -0.2) is 26.2 Å². The molecule has 146 valence electrons. The van der Waals surface area contributed by atoms with E-state index in [1.807, 2.05) is 6.92 Å². The van der Waals surface area contributed by atoms with Gasteiger partial charge in [-0.05, 0) is 43.4 Å². The van der Waals surface area contributed by atoms with Crippen molar-refractivity contribution in [1.82, 2.24) is 0 Å². The third kappa shape index (κ3) is 4.86. The second-order valence-electron chi connectivity index (χ2n) is 7.78. The van der Waals surface area contributed by atoms with Crippen LogP contribution in [0.1, 0.15) is 80.1 Å². The van der Waals surface area contributed by atoms with Gasteiger partial charge in [-0.3, -0.25) is 4.79 Å². The molecule has 4 heteroatoms. The van der Waals surface area contributed by atoms with Gasteiger partial charge >= 0.3 is 11.9 Å². The van der Waals surface area contributed by atoms with Crippen molar-refractivity contribution in [2.45, 2.75) is 80.1 Å². The predicted octanol–water partition coefficient (Wildman–Crippen LogP) is 5.31. The van der Waals surface area contributed by atoms with Gasteiger partial charge < -0.3 is 9.47 Å². The lowest BCUT2D eigenvalue weighted by molar-refractivity contribution is -0.166. The minimum Gasteiger partial charge on any atom is -0.469 e. The van der Waals surface area contributed by atoms with Crippen LogP contribution in [0, 0.1) is 16.2 Å². The highest BCUT2D eigenvalue weighted by Crippen LogP contribution is 2.56. The van der Waals surface area contributed by atoms with Gasteiger partial charge in [0.15, 0.2) is 0 Å². The van der Waals surface area contributed by atoms with Crippen molar-refractivity contribution in [3.63, 3.8) is 0 Å². The molecule has 0 spiro atoms. The minimum absolute atomic E-state index is 0.0329. The van der Waals surface area contributed by atoms with Crippen molar-refractivity contribution in [1.29, 1.82) is 0 Å². The standard InChI is InChI=1S/C21H38O4/c1-10-19(6,11-2)15-20(7,18(23)25-9)21(12-3,13-4)14-16(5)17(22)24-8/h5,10-15H2,1-4,6-9H3. The van der Waals surface area contributed by atoms with Crippen LogP contribution in [-0.2, 0) is 19.1 Å². The van der Waals surface area contributed by atoms with Gasteiger partial charge in [-0.2, -0.15) is 0 Å². The second-order valence-corrected chi connectivity index (χ2v) is 7.78. The summed E-state index contributed by atoms with van der Waals surface area (Å²) in [6.07, 6.45) is 4.63. The molecule has 0 radical (unpaired) electrons. The van der Waals surface area contributed by atoms with Gasteiger partial charge in [0.1, 0.15) is 0 Å². The topological polar surface area (TPSA) is 52.6 Å². The van der Waals surface area contributed by atoms with Crippen LogP contribution in [0.2, 0.25) is 0 Å². The molecule has 0 amide bonds. The van der Waals surface area contributed by atoms with E-state index in [1.165, 1.54) is 14.2 Å². The first-order valence-electron chi connectivity index (χ1n) is 9.39. The Bertz CT molecular complexity index is 472. The van der Waals surface area contributed by atoms with Gasteiger partial charge in [0.2, 0.25) is 0 Å². The predicted molar refractivity (Wildman–Crippen MR) is 102 cm³/mol. The Kier molecular flexibility index (Phi) is 8.90. The highest BCUT2D eigenvalue weighted by molar-refractivity contribution is 5.88. The van der Waals surface area contributed by atoms with Crippen LogP contribution in [0.5, 0.6) is 0 Å². The number of methoxy groups -OCH3 is 2. The Morgan fingerprint density at radius 3 is 1.68 bits per heavy atom. The van der Waals surface area contributed by atoms with E-state index in [2.05, 4.69) is 41.2 Å². The van der Waals surface area contributed by atoms with E-state index in [-0.39, 0.29) is 11.4 Å². The fourth-order valence-electron chi connectivity index (χ4n) is 4.16. The summed E-state index contributed by atoms with van der Waals surface area (Å²) in [6.45, 7) is 16.6. The molecule has 0 aromatic carbocycles. The third-order valence-corrected chi connectivity index (χ3v) is 6.67. The highest BCUT2D eigenvalue weighted by atomic mass is 16.5. The Morgan fingerprint density at radius 2 is 1.36 bits per heavy atom. The molecule has 0 heterocycles. The summed E-state index contributed by atoms with van der Waals surface area (Å²) in [5.41, 5.74) is -0.665. The first-order valence-corrected chi connectivity index (χ1v) is 9.39. The van der Waals surface area contributed by atoms with Crippen molar-refractivity contribution < 1.29 is 19.1 Å². The maximum Gasteiger partial charge on any atom is 0.333 e. The summed E-state index contributed by atoms with van der Waals surface area (Å²) in [4.78, 5) is 24.9. The van der Waals surface area contributed by atoms with Crippen LogP contribution in [0.4, 0.5) is 0 Å². The number of rotatable bonds is 11. The molecule has 0 aliphatic rings. The molecule has 25 heavy (non-hydrogen) atoms. The van der Waals surface area contributed by atoms with E-state index in [0.717, 1.165) is 32.1 Å². The van der Waals surface area contributed by atoms with E-state index < -0.39 is 16.8 Å². The van der Waals surface area contributed by atoms with E-state index in [9.17, 15) is 9.59 Å². The zero-order chi connectivity index (χ0) is 19.9. The first kappa shape index (κ1) is 23.7. The molecule has 0 fully saturated rings. The lowest BCUT2D eigenvalue weighted by Crippen LogP contribution is -2.49. The smallest absolute Gasteiger partial charge is 0.333 e. The normalized spacial score (nSPS) is 14.6. The Balaban J connectivity index is 6.17. The summed E-state index contributed by atoms with van der Waals surface area (Å²) >= 11 is 0. The molecular formula is C21H38O4. The minimum atomic E-state index is -0.705. The van der Waals surface area contributed by atoms with Gasteiger partial charge in [0.05, 0.1) is 19.6 Å². The molecule has 0 N–H and O–H groups in total. The maximum atomic E-state index is 13.0. The van der Waals surface area contributed by atoms with Crippen molar-refractivity contribution in [2.24, 2.45) is 16.2 Å². The fourth-order valence-corrected chi connectivity index (χ4v) is 4.16. The zero-order valence-corrected chi connectivity index (χ0v) is 17.6. The lowest BCUT2D eigenvalue weighted by Gasteiger charge is -2.50. The molecule has 0 saturated heterocycles. The average molecular weight is 355 g/mol. The van der Waals surface area contributed by atoms with Gasteiger partial charge in [-0.15, -0.1) is 0 Å². The molecule has 0 aromatic heterocycles. The molecule has 0 rings (SSSR count). The summed E-state index contributed by atoms with van der Waals surface area (Å²) in [5.74, 6) is -0.616. The average Bonchev–Trinajstić information content (AvgIpc) is 2.63. The van der Waals surface area contributed by atoms with Crippen LogP contribution in [0.25, 0.3) is 0 Å². The van der Waals surface area contributed by atoms with Crippen LogP contribution < -0.4 is 0 Å². The number of carbonyl (C=O) groups excluding carboxylic acids is 2. The Morgan fingerprint density at radius 1 is 0.880 bits per heavy atom. The monoisotopic (exact) mass is 354 g/mol. The quantitative estimate of drug-likeness (QED) is 0.373. The Hall–Kier alpha value is -1.32. The van der Waals surface area contributed by atoms with Gasteiger partial charge in [-0.25, -0.2) is 4.79 Å². The molecule has 0 aliphatic carbocycles. The Labute approximate surface area is 154 Å².